The van der Waals surface area contributed by atoms with Crippen molar-refractivity contribution in [1.29, 1.82) is 0 Å². The molecule has 0 radical (unpaired) electrons. The van der Waals surface area contributed by atoms with Crippen molar-refractivity contribution >= 4 is 0 Å². The molecule has 1 heterocycles. The van der Waals surface area contributed by atoms with E-state index in [4.69, 9.17) is 5.73 Å². The lowest BCUT2D eigenvalue weighted by Gasteiger charge is -1.92. The Balaban J connectivity index is 2.20. The topological polar surface area (TPSA) is 51.8 Å². The van der Waals surface area contributed by atoms with Crippen molar-refractivity contribution in [2.75, 3.05) is 0 Å². The van der Waals surface area contributed by atoms with Crippen LogP contribution in [-0.2, 0) is 0 Å². The van der Waals surface area contributed by atoms with Gasteiger partial charge in [0.15, 0.2) is 0 Å². The van der Waals surface area contributed by atoms with E-state index in [1.807, 2.05) is 6.07 Å². The molecule has 0 spiro atoms. The number of nitrogens with two attached hydrogens (primary N) is 1. The summed E-state index contributed by atoms with van der Waals surface area (Å²) in [5, 5.41) is 0. The number of rotatable bonds is 1. The lowest BCUT2D eigenvalue weighted by molar-refractivity contribution is 0.929. The van der Waals surface area contributed by atoms with Gasteiger partial charge in [-0.05, 0) is 12.5 Å². The van der Waals surface area contributed by atoms with Crippen molar-refractivity contribution < 1.29 is 0 Å². The van der Waals surface area contributed by atoms with Crippen LogP contribution in [0.15, 0.2) is 18.6 Å². The highest BCUT2D eigenvalue weighted by atomic mass is 14.9. The Hall–Kier alpha value is -0.960. The quantitative estimate of drug-likeness (QED) is 0.602. The third-order valence-corrected chi connectivity index (χ3v) is 1.82. The normalized spacial score (nSPS) is 30.1. The van der Waals surface area contributed by atoms with Crippen molar-refractivity contribution in [3.05, 3.63) is 24.3 Å². The van der Waals surface area contributed by atoms with Gasteiger partial charge in [-0.3, -0.25) is 0 Å². The van der Waals surface area contributed by atoms with Crippen LogP contribution in [0.1, 0.15) is 18.0 Å². The summed E-state index contributed by atoms with van der Waals surface area (Å²) in [5.41, 5.74) is 6.72. The lowest BCUT2D eigenvalue weighted by atomic mass is 10.3. The highest BCUT2D eigenvalue weighted by Gasteiger charge is 2.35. The van der Waals surface area contributed by atoms with Gasteiger partial charge in [0.05, 0.1) is 0 Å². The maximum absolute atomic E-state index is 5.64. The van der Waals surface area contributed by atoms with Gasteiger partial charge in [-0.25, -0.2) is 9.97 Å². The van der Waals surface area contributed by atoms with Gasteiger partial charge in [-0.2, -0.15) is 0 Å². The number of aromatic nitrogens is 2. The molecule has 0 amide bonds. The number of hydrogen-bond acceptors (Lipinski definition) is 3. The van der Waals surface area contributed by atoms with Crippen LogP contribution in [0.4, 0.5) is 0 Å². The minimum absolute atomic E-state index is 0.342. The molecular formula is C7H9N3. The van der Waals surface area contributed by atoms with Gasteiger partial charge in [0.25, 0.3) is 0 Å². The van der Waals surface area contributed by atoms with Crippen LogP contribution in [-0.4, -0.2) is 16.0 Å². The summed E-state index contributed by atoms with van der Waals surface area (Å²) in [4.78, 5) is 7.93. The summed E-state index contributed by atoms with van der Waals surface area (Å²) in [6.45, 7) is 0. The summed E-state index contributed by atoms with van der Waals surface area (Å²) in [6.07, 6.45) is 4.41. The molecule has 1 aromatic heterocycles. The van der Waals surface area contributed by atoms with Crippen LogP contribution in [0.25, 0.3) is 0 Å². The number of hydrogen-bond donors (Lipinski definition) is 1. The highest BCUT2D eigenvalue weighted by molar-refractivity contribution is 5.17. The standard InChI is InChI=1S/C7H9N3/c8-6-3-5(6)7-1-2-9-4-10-7/h1-2,4-6H,3,8H2/t5-,6-/m1/s1. The molecular weight excluding hydrogens is 126 g/mol. The Labute approximate surface area is 59.3 Å². The molecule has 3 nitrogen and oxygen atoms in total. The van der Waals surface area contributed by atoms with Gasteiger partial charge in [-0.1, -0.05) is 0 Å². The molecule has 0 unspecified atom stereocenters. The molecule has 1 aromatic rings. The van der Waals surface area contributed by atoms with Crippen LogP contribution < -0.4 is 5.73 Å². The Morgan fingerprint density at radius 2 is 2.40 bits per heavy atom. The second-order valence-corrected chi connectivity index (χ2v) is 2.64. The first kappa shape index (κ1) is 5.80. The molecule has 0 bridgehead atoms. The summed E-state index contributed by atoms with van der Waals surface area (Å²) < 4.78 is 0. The van der Waals surface area contributed by atoms with Crippen molar-refractivity contribution in [2.45, 2.75) is 18.4 Å². The van der Waals surface area contributed by atoms with Crippen molar-refractivity contribution in [1.82, 2.24) is 9.97 Å². The van der Waals surface area contributed by atoms with Gasteiger partial charge in [-0.15, -0.1) is 0 Å². The fourth-order valence-electron chi connectivity index (χ4n) is 1.07. The SMILES string of the molecule is N[C@@H]1C[C@H]1c1ccncn1. The fourth-order valence-corrected chi connectivity index (χ4v) is 1.07. The maximum atomic E-state index is 5.64. The largest absolute Gasteiger partial charge is 0.327 e. The van der Waals surface area contributed by atoms with Crippen molar-refractivity contribution in [2.24, 2.45) is 5.73 Å². The fraction of sp³-hybridized carbons (Fsp3) is 0.429. The van der Waals surface area contributed by atoms with Crippen molar-refractivity contribution in [3.8, 4) is 0 Å². The Kier molecular flexibility index (Phi) is 1.17. The number of nitrogens with zero attached hydrogens (tertiary/aromatic N) is 2. The zero-order chi connectivity index (χ0) is 6.97. The van der Waals surface area contributed by atoms with Crippen LogP contribution in [0.5, 0.6) is 0 Å². The summed E-state index contributed by atoms with van der Waals surface area (Å²) in [5.74, 6) is 0.503. The minimum atomic E-state index is 0.342. The van der Waals surface area contributed by atoms with Crippen LogP contribution >= 0.6 is 0 Å². The van der Waals surface area contributed by atoms with E-state index in [-0.39, 0.29) is 0 Å². The van der Waals surface area contributed by atoms with E-state index < -0.39 is 0 Å². The Morgan fingerprint density at radius 1 is 1.60 bits per heavy atom. The van der Waals surface area contributed by atoms with Gasteiger partial charge in [0.2, 0.25) is 0 Å². The second kappa shape index (κ2) is 2.02. The molecule has 3 heteroatoms. The molecule has 1 aliphatic rings. The van der Waals surface area contributed by atoms with E-state index in [0.29, 0.717) is 12.0 Å². The molecule has 2 N–H and O–H groups in total. The molecule has 2 rings (SSSR count). The van der Waals surface area contributed by atoms with Crippen molar-refractivity contribution in [3.63, 3.8) is 0 Å². The summed E-state index contributed by atoms with van der Waals surface area (Å²) in [7, 11) is 0. The third-order valence-electron chi connectivity index (χ3n) is 1.82. The zero-order valence-corrected chi connectivity index (χ0v) is 5.57. The Bertz CT molecular complexity index is 222. The van der Waals surface area contributed by atoms with Gasteiger partial charge >= 0.3 is 0 Å². The zero-order valence-electron chi connectivity index (χ0n) is 5.57. The first-order chi connectivity index (χ1) is 4.88. The average molecular weight is 135 g/mol. The van der Waals surface area contributed by atoms with E-state index in [0.717, 1.165) is 12.1 Å². The van der Waals surface area contributed by atoms with E-state index in [1.165, 1.54) is 0 Å². The van der Waals surface area contributed by atoms with Crippen LogP contribution in [0.3, 0.4) is 0 Å². The van der Waals surface area contributed by atoms with Gasteiger partial charge in [0.1, 0.15) is 6.33 Å². The molecule has 1 saturated carbocycles. The molecule has 52 valence electrons. The van der Waals surface area contributed by atoms with Crippen LogP contribution in [0, 0.1) is 0 Å². The smallest absolute Gasteiger partial charge is 0.115 e. The second-order valence-electron chi connectivity index (χ2n) is 2.64. The van der Waals surface area contributed by atoms with E-state index in [9.17, 15) is 0 Å². The predicted octanol–water partition coefficient (Wildman–Crippen LogP) is 0.291. The molecule has 1 aliphatic carbocycles. The highest BCUT2D eigenvalue weighted by Crippen LogP contribution is 2.37. The third kappa shape index (κ3) is 0.885. The molecule has 0 aromatic carbocycles. The monoisotopic (exact) mass is 135 g/mol. The van der Waals surface area contributed by atoms with E-state index >= 15 is 0 Å². The van der Waals surface area contributed by atoms with Crippen LogP contribution in [0.2, 0.25) is 0 Å². The maximum Gasteiger partial charge on any atom is 0.115 e. The summed E-state index contributed by atoms with van der Waals surface area (Å²) >= 11 is 0. The molecule has 0 aliphatic heterocycles. The first-order valence-electron chi connectivity index (χ1n) is 3.39. The lowest BCUT2D eigenvalue weighted by Crippen LogP contribution is -2.01. The first-order valence-corrected chi connectivity index (χ1v) is 3.39. The Morgan fingerprint density at radius 3 is 2.90 bits per heavy atom. The molecule has 0 saturated heterocycles. The van der Waals surface area contributed by atoms with Gasteiger partial charge < -0.3 is 5.73 Å². The molecule has 10 heavy (non-hydrogen) atoms. The molecule has 2 atom stereocenters. The molecule has 1 fully saturated rings. The van der Waals surface area contributed by atoms with E-state index in [1.54, 1.807) is 12.5 Å². The predicted molar refractivity (Wildman–Crippen MR) is 37.4 cm³/mol. The minimum Gasteiger partial charge on any atom is -0.327 e. The van der Waals surface area contributed by atoms with E-state index in [2.05, 4.69) is 9.97 Å². The van der Waals surface area contributed by atoms with Gasteiger partial charge in [0, 0.05) is 23.9 Å². The summed E-state index contributed by atoms with van der Waals surface area (Å²) in [6, 6.07) is 2.27. The average Bonchev–Trinajstić information content (AvgIpc) is 2.69.